The number of rotatable bonds is 12. The van der Waals surface area contributed by atoms with Crippen molar-refractivity contribution in [3.05, 3.63) is 54.1 Å². The van der Waals surface area contributed by atoms with Crippen LogP contribution in [0.1, 0.15) is 30.1 Å². The molecular weight excluding hydrogens is 468 g/mol. The highest BCUT2D eigenvalue weighted by molar-refractivity contribution is 6.01. The number of benzene rings is 2. The van der Waals surface area contributed by atoms with Crippen LogP contribution in [0, 0.1) is 0 Å². The largest absolute Gasteiger partial charge is 0.494 e. The molecule has 7 N–H and O–H groups in total. The molecule has 36 heavy (non-hydrogen) atoms. The maximum Gasteiger partial charge on any atom is 0.305 e. The molecule has 1 atom stereocenters. The summed E-state index contributed by atoms with van der Waals surface area (Å²) >= 11 is 0. The first kappa shape index (κ1) is 27.6. The van der Waals surface area contributed by atoms with E-state index < -0.39 is 42.7 Å². The number of carbonyl (C=O) groups excluding carboxylic acids is 3. The van der Waals surface area contributed by atoms with Crippen molar-refractivity contribution in [2.24, 2.45) is 10.7 Å². The van der Waals surface area contributed by atoms with E-state index in [9.17, 15) is 19.2 Å². The summed E-state index contributed by atoms with van der Waals surface area (Å²) < 4.78 is 5.48. The fourth-order valence-electron chi connectivity index (χ4n) is 2.92. The van der Waals surface area contributed by atoms with Crippen LogP contribution in [0.4, 0.5) is 11.4 Å². The van der Waals surface area contributed by atoms with Gasteiger partial charge in [-0.05, 0) is 48.9 Å². The van der Waals surface area contributed by atoms with E-state index in [-0.39, 0.29) is 11.5 Å². The molecule has 0 aliphatic rings. The minimum absolute atomic E-state index is 0.162. The smallest absolute Gasteiger partial charge is 0.305 e. The molecule has 12 nitrogen and oxygen atoms in total. The molecule has 192 valence electrons. The highest BCUT2D eigenvalue weighted by Gasteiger charge is 2.24. The van der Waals surface area contributed by atoms with Crippen molar-refractivity contribution in [2.45, 2.75) is 25.8 Å². The summed E-state index contributed by atoms with van der Waals surface area (Å²) in [6.45, 7) is 2.06. The molecule has 0 radical (unpaired) electrons. The van der Waals surface area contributed by atoms with Crippen molar-refractivity contribution in [3.8, 4) is 5.75 Å². The molecule has 12 heteroatoms. The Labute approximate surface area is 208 Å². The molecule has 0 bridgehead atoms. The van der Waals surface area contributed by atoms with Crippen LogP contribution in [0.3, 0.4) is 0 Å². The molecular formula is C24H30N6O6. The van der Waals surface area contributed by atoms with E-state index in [1.54, 1.807) is 36.4 Å². The zero-order chi connectivity index (χ0) is 26.5. The minimum atomic E-state index is -1.35. The Hall–Kier alpha value is -4.61. The number of hydrogen-bond acceptors (Lipinski definition) is 6. The summed E-state index contributed by atoms with van der Waals surface area (Å²) in [5.74, 6) is -2.48. The maximum absolute atomic E-state index is 12.6. The Kier molecular flexibility index (Phi) is 10.7. The molecule has 0 saturated heterocycles. The predicted octanol–water partition coefficient (Wildman–Crippen LogP) is 1.16. The first-order valence-electron chi connectivity index (χ1n) is 11.1. The number of hydrogen-bond donors (Lipinski definition) is 6. The van der Waals surface area contributed by atoms with Gasteiger partial charge in [0.05, 0.1) is 19.6 Å². The number of nitrogens with one attached hydrogen (secondary N) is 4. The predicted molar refractivity (Wildman–Crippen MR) is 135 cm³/mol. The first-order chi connectivity index (χ1) is 17.2. The van der Waals surface area contributed by atoms with E-state index in [0.717, 1.165) is 6.42 Å². The van der Waals surface area contributed by atoms with Gasteiger partial charge in [0, 0.05) is 24.0 Å². The number of nitrogens with two attached hydrogens (primary N) is 1. The second-order valence-electron chi connectivity index (χ2n) is 7.58. The van der Waals surface area contributed by atoms with Crippen LogP contribution in [0.25, 0.3) is 0 Å². The molecule has 0 aromatic heterocycles. The quantitative estimate of drug-likeness (QED) is 0.186. The molecule has 0 fully saturated rings. The molecule has 0 spiro atoms. The van der Waals surface area contributed by atoms with E-state index >= 15 is 0 Å². The van der Waals surface area contributed by atoms with E-state index in [0.29, 0.717) is 23.7 Å². The number of guanidine groups is 1. The third-order valence-electron chi connectivity index (χ3n) is 4.67. The van der Waals surface area contributed by atoms with E-state index in [1.165, 1.54) is 19.2 Å². The van der Waals surface area contributed by atoms with Gasteiger partial charge in [0.2, 0.25) is 11.8 Å². The first-order valence-corrected chi connectivity index (χ1v) is 11.1. The normalized spacial score (nSPS) is 11.7. The number of carboxylic acids is 1. The topological polar surface area (TPSA) is 184 Å². The third-order valence-corrected chi connectivity index (χ3v) is 4.67. The number of aliphatic imine (C=N–C) groups is 1. The van der Waals surface area contributed by atoms with Gasteiger partial charge in [-0.25, -0.2) is 0 Å². The van der Waals surface area contributed by atoms with E-state index in [1.807, 2.05) is 6.92 Å². The zero-order valence-electron chi connectivity index (χ0n) is 20.0. The number of nitrogens with zero attached hydrogens (tertiary/aromatic N) is 1. The molecule has 0 unspecified atom stereocenters. The third kappa shape index (κ3) is 9.33. The Morgan fingerprint density at radius 1 is 1.06 bits per heavy atom. The SMILES string of the molecule is CCCOc1ccc(NC(=O)[C@H](CC(=O)O)NC(=O)CNC(=O)c2cccc(NC(N)=NC)c2)cc1. The second kappa shape index (κ2) is 13.9. The Bertz CT molecular complexity index is 1100. The molecule has 2 aromatic rings. The lowest BCUT2D eigenvalue weighted by Crippen LogP contribution is -2.48. The number of carbonyl (C=O) groups is 4. The lowest BCUT2D eigenvalue weighted by Gasteiger charge is -2.17. The van der Waals surface area contributed by atoms with E-state index in [4.69, 9.17) is 15.6 Å². The van der Waals surface area contributed by atoms with Crippen LogP contribution in [-0.4, -0.2) is 61.0 Å². The summed E-state index contributed by atoms with van der Waals surface area (Å²) in [6.07, 6.45) is 0.208. The highest BCUT2D eigenvalue weighted by atomic mass is 16.5. The summed E-state index contributed by atoms with van der Waals surface area (Å²) in [5.41, 5.74) is 6.80. The summed E-state index contributed by atoms with van der Waals surface area (Å²) in [6, 6.07) is 11.5. The number of amides is 3. The van der Waals surface area contributed by atoms with Crippen LogP contribution in [0.5, 0.6) is 5.75 Å². The van der Waals surface area contributed by atoms with Crippen molar-refractivity contribution in [2.75, 3.05) is 30.8 Å². The minimum Gasteiger partial charge on any atom is -0.494 e. The average molecular weight is 499 g/mol. The molecule has 0 aliphatic heterocycles. The maximum atomic E-state index is 12.6. The van der Waals surface area contributed by atoms with Crippen molar-refractivity contribution >= 4 is 41.0 Å². The Morgan fingerprint density at radius 3 is 2.42 bits per heavy atom. The molecule has 0 saturated carbocycles. The summed E-state index contributed by atoms with van der Waals surface area (Å²) in [7, 11) is 1.51. The molecule has 0 heterocycles. The van der Waals surface area contributed by atoms with Gasteiger partial charge >= 0.3 is 5.97 Å². The average Bonchev–Trinajstić information content (AvgIpc) is 2.86. The lowest BCUT2D eigenvalue weighted by atomic mass is 10.1. The molecule has 0 aliphatic carbocycles. The van der Waals surface area contributed by atoms with Gasteiger partial charge in [0.15, 0.2) is 5.96 Å². The standard InChI is InChI=1S/C24H30N6O6/c1-3-11-36-18-9-7-16(8-10-18)28-23(35)19(13-21(32)33)30-20(31)14-27-22(34)15-5-4-6-17(12-15)29-24(25)26-2/h4-10,12,19H,3,11,13-14H2,1-2H3,(H,27,34)(H,28,35)(H,30,31)(H,32,33)(H3,25,26,29)/t19-/m0/s1. The van der Waals surface area contributed by atoms with Gasteiger partial charge < -0.3 is 36.8 Å². The van der Waals surface area contributed by atoms with Gasteiger partial charge in [0.1, 0.15) is 11.8 Å². The fourth-order valence-corrected chi connectivity index (χ4v) is 2.92. The van der Waals surface area contributed by atoms with Crippen LogP contribution in [0.15, 0.2) is 53.5 Å². The summed E-state index contributed by atoms with van der Waals surface area (Å²) in [5, 5.41) is 19.3. The number of carboxylic acid groups (broad SMARTS) is 1. The van der Waals surface area contributed by atoms with Crippen LogP contribution in [-0.2, 0) is 14.4 Å². The molecule has 2 rings (SSSR count). The zero-order valence-corrected chi connectivity index (χ0v) is 20.0. The number of ether oxygens (including phenoxy) is 1. The lowest BCUT2D eigenvalue weighted by molar-refractivity contribution is -0.139. The fraction of sp³-hybridized carbons (Fsp3) is 0.292. The van der Waals surface area contributed by atoms with E-state index in [2.05, 4.69) is 26.3 Å². The van der Waals surface area contributed by atoms with Crippen molar-refractivity contribution in [3.63, 3.8) is 0 Å². The van der Waals surface area contributed by atoms with Crippen LogP contribution in [0.2, 0.25) is 0 Å². The van der Waals surface area contributed by atoms with Crippen LogP contribution < -0.4 is 31.7 Å². The van der Waals surface area contributed by atoms with Gasteiger partial charge in [0.25, 0.3) is 5.91 Å². The van der Waals surface area contributed by atoms with Crippen molar-refractivity contribution in [1.29, 1.82) is 0 Å². The highest BCUT2D eigenvalue weighted by Crippen LogP contribution is 2.16. The van der Waals surface area contributed by atoms with Crippen molar-refractivity contribution in [1.82, 2.24) is 10.6 Å². The van der Waals surface area contributed by atoms with Gasteiger partial charge in [-0.2, -0.15) is 0 Å². The van der Waals surface area contributed by atoms with Gasteiger partial charge in [-0.15, -0.1) is 0 Å². The van der Waals surface area contributed by atoms with Gasteiger partial charge in [-0.1, -0.05) is 13.0 Å². The number of aliphatic carboxylic acids is 1. The Morgan fingerprint density at radius 2 is 1.78 bits per heavy atom. The molecule has 3 amide bonds. The second-order valence-corrected chi connectivity index (χ2v) is 7.58. The Balaban J connectivity index is 1.94. The monoisotopic (exact) mass is 498 g/mol. The molecule has 2 aromatic carbocycles. The number of anilines is 2. The van der Waals surface area contributed by atoms with Crippen molar-refractivity contribution < 1.29 is 29.0 Å². The van der Waals surface area contributed by atoms with Crippen LogP contribution >= 0.6 is 0 Å². The van der Waals surface area contributed by atoms with Gasteiger partial charge in [-0.3, -0.25) is 24.2 Å². The summed E-state index contributed by atoms with van der Waals surface area (Å²) in [4.78, 5) is 52.4.